The lowest BCUT2D eigenvalue weighted by Crippen LogP contribution is -2.41. The van der Waals surface area contributed by atoms with E-state index >= 15 is 0 Å². The SMILES string of the molecule is COc1ccc([C@]2(O)CN(c3ccccc3)C3=[N+]2CCCCC3)cc1OC. The van der Waals surface area contributed by atoms with Crippen molar-refractivity contribution >= 4 is 11.5 Å². The summed E-state index contributed by atoms with van der Waals surface area (Å²) in [5.74, 6) is 2.51. The van der Waals surface area contributed by atoms with E-state index < -0.39 is 5.72 Å². The molecular weight excluding hydrogens is 340 g/mol. The fraction of sp³-hybridized carbons (Fsp3) is 0.409. The summed E-state index contributed by atoms with van der Waals surface area (Å²) >= 11 is 0. The van der Waals surface area contributed by atoms with E-state index in [4.69, 9.17) is 9.47 Å². The molecule has 0 unspecified atom stereocenters. The van der Waals surface area contributed by atoms with Gasteiger partial charge in [0.2, 0.25) is 0 Å². The Labute approximate surface area is 160 Å². The van der Waals surface area contributed by atoms with Gasteiger partial charge in [0.05, 0.1) is 20.8 Å². The van der Waals surface area contributed by atoms with Gasteiger partial charge < -0.3 is 14.6 Å². The van der Waals surface area contributed by atoms with Crippen molar-refractivity contribution < 1.29 is 19.2 Å². The molecule has 1 atom stereocenters. The van der Waals surface area contributed by atoms with Gasteiger partial charge in [-0.2, -0.15) is 0 Å². The van der Waals surface area contributed by atoms with Gasteiger partial charge in [-0.15, -0.1) is 0 Å². The maximum Gasteiger partial charge on any atom is 0.271 e. The van der Waals surface area contributed by atoms with E-state index in [1.165, 1.54) is 12.3 Å². The molecule has 2 heterocycles. The molecule has 0 saturated heterocycles. The number of hydrogen-bond acceptors (Lipinski definition) is 4. The molecule has 142 valence electrons. The zero-order valence-corrected chi connectivity index (χ0v) is 16.0. The van der Waals surface area contributed by atoms with Gasteiger partial charge in [-0.25, -0.2) is 9.48 Å². The number of benzene rings is 2. The largest absolute Gasteiger partial charge is 0.493 e. The molecule has 1 N–H and O–H groups in total. The summed E-state index contributed by atoms with van der Waals surface area (Å²) in [4.78, 5) is 2.27. The molecule has 0 fully saturated rings. The number of hydrogen-bond donors (Lipinski definition) is 1. The van der Waals surface area contributed by atoms with E-state index in [9.17, 15) is 5.11 Å². The van der Waals surface area contributed by atoms with E-state index in [1.54, 1.807) is 14.2 Å². The summed E-state index contributed by atoms with van der Waals surface area (Å²) in [5.41, 5.74) is 0.864. The average Bonchev–Trinajstić information content (AvgIpc) is 2.87. The zero-order chi connectivity index (χ0) is 18.9. The molecule has 0 amide bonds. The molecule has 5 heteroatoms. The Bertz CT molecular complexity index is 850. The highest BCUT2D eigenvalue weighted by Gasteiger charge is 2.52. The zero-order valence-electron chi connectivity index (χ0n) is 16.0. The number of methoxy groups -OCH3 is 2. The number of aliphatic hydroxyl groups is 1. The van der Waals surface area contributed by atoms with Crippen LogP contribution in [-0.2, 0) is 5.72 Å². The van der Waals surface area contributed by atoms with Crippen LogP contribution < -0.4 is 14.4 Å². The van der Waals surface area contributed by atoms with Crippen LogP contribution in [0.2, 0.25) is 0 Å². The Morgan fingerprint density at radius 3 is 2.48 bits per heavy atom. The van der Waals surface area contributed by atoms with Gasteiger partial charge in [0.1, 0.15) is 5.69 Å². The van der Waals surface area contributed by atoms with E-state index in [0.29, 0.717) is 18.0 Å². The monoisotopic (exact) mass is 367 g/mol. The van der Waals surface area contributed by atoms with Crippen LogP contribution >= 0.6 is 0 Å². The van der Waals surface area contributed by atoms with Crippen LogP contribution in [0.15, 0.2) is 48.5 Å². The molecule has 2 aromatic rings. The second-order valence-electron chi connectivity index (χ2n) is 7.19. The minimum Gasteiger partial charge on any atom is -0.493 e. The van der Waals surface area contributed by atoms with Crippen molar-refractivity contribution in [3.05, 3.63) is 54.1 Å². The van der Waals surface area contributed by atoms with Crippen molar-refractivity contribution in [1.29, 1.82) is 0 Å². The number of amidine groups is 1. The van der Waals surface area contributed by atoms with Crippen molar-refractivity contribution in [1.82, 2.24) is 0 Å². The number of ether oxygens (including phenoxy) is 2. The van der Waals surface area contributed by atoms with Gasteiger partial charge >= 0.3 is 0 Å². The molecular formula is C22H27N2O3+. The molecule has 0 bridgehead atoms. The Kier molecular flexibility index (Phi) is 4.79. The molecule has 0 aromatic heterocycles. The van der Waals surface area contributed by atoms with Gasteiger partial charge in [-0.3, -0.25) is 0 Å². The third-order valence-electron chi connectivity index (χ3n) is 5.64. The highest BCUT2D eigenvalue weighted by Crippen LogP contribution is 2.38. The minimum atomic E-state index is -1.09. The standard InChI is InChI=1S/C22H27N2O3/c1-26-19-13-12-17(15-20(19)27-2)22(25)16-23(18-9-5-3-6-10-18)21-11-7-4-8-14-24(21)22/h3,5-6,9-10,12-13,15,25H,4,7-8,11,14,16H2,1-2H3/q+1/t22-/m1/s1. The lowest BCUT2D eigenvalue weighted by atomic mass is 10.0. The van der Waals surface area contributed by atoms with Gasteiger partial charge in [-0.1, -0.05) is 18.2 Å². The predicted molar refractivity (Wildman–Crippen MR) is 106 cm³/mol. The molecule has 2 aliphatic rings. The second-order valence-corrected chi connectivity index (χ2v) is 7.19. The number of β-amino-alcohol motifs (C(OH)–C–C–N with tert-alkyl or cyclic N) is 1. The Hall–Kier alpha value is -2.53. The summed E-state index contributed by atoms with van der Waals surface area (Å²) in [7, 11) is 3.25. The molecule has 5 nitrogen and oxygen atoms in total. The Morgan fingerprint density at radius 2 is 1.74 bits per heavy atom. The number of para-hydroxylation sites is 1. The first-order valence-electron chi connectivity index (χ1n) is 9.58. The molecule has 27 heavy (non-hydrogen) atoms. The van der Waals surface area contributed by atoms with Gasteiger partial charge in [-0.05, 0) is 49.6 Å². The van der Waals surface area contributed by atoms with Crippen molar-refractivity contribution in [3.8, 4) is 11.5 Å². The van der Waals surface area contributed by atoms with Crippen LogP contribution in [0.25, 0.3) is 0 Å². The summed E-state index contributed by atoms with van der Waals surface area (Å²) in [6, 6.07) is 16.0. The Morgan fingerprint density at radius 1 is 0.963 bits per heavy atom. The minimum absolute atomic E-state index is 0.502. The maximum absolute atomic E-state index is 11.9. The number of nitrogens with zero attached hydrogens (tertiary/aromatic N) is 2. The van der Waals surface area contributed by atoms with Crippen molar-refractivity contribution in [3.63, 3.8) is 0 Å². The van der Waals surface area contributed by atoms with Crippen LogP contribution in [0.4, 0.5) is 5.69 Å². The second kappa shape index (κ2) is 7.24. The van der Waals surface area contributed by atoms with E-state index in [0.717, 1.165) is 37.1 Å². The smallest absolute Gasteiger partial charge is 0.271 e. The van der Waals surface area contributed by atoms with Crippen molar-refractivity contribution in [2.24, 2.45) is 0 Å². The first kappa shape index (κ1) is 17.9. The van der Waals surface area contributed by atoms with Crippen LogP contribution in [0, 0.1) is 0 Å². The number of anilines is 1. The van der Waals surface area contributed by atoms with E-state index in [1.807, 2.05) is 36.4 Å². The lowest BCUT2D eigenvalue weighted by molar-refractivity contribution is -0.658. The molecule has 0 aliphatic carbocycles. The predicted octanol–water partition coefficient (Wildman–Crippen LogP) is 3.35. The van der Waals surface area contributed by atoms with Crippen molar-refractivity contribution in [2.75, 3.05) is 32.2 Å². The average molecular weight is 367 g/mol. The molecule has 0 spiro atoms. The van der Waals surface area contributed by atoms with E-state index in [2.05, 4.69) is 21.6 Å². The molecule has 4 rings (SSSR count). The first-order chi connectivity index (χ1) is 13.2. The normalized spacial score (nSPS) is 22.4. The third-order valence-corrected chi connectivity index (χ3v) is 5.64. The summed E-state index contributed by atoms with van der Waals surface area (Å²) in [6.45, 7) is 1.35. The van der Waals surface area contributed by atoms with Crippen molar-refractivity contribution in [2.45, 2.75) is 31.4 Å². The molecule has 2 aromatic carbocycles. The van der Waals surface area contributed by atoms with Crippen LogP contribution in [-0.4, -0.2) is 42.8 Å². The molecule has 0 radical (unpaired) electrons. The third kappa shape index (κ3) is 3.06. The van der Waals surface area contributed by atoms with Gasteiger partial charge in [0, 0.05) is 12.0 Å². The highest BCUT2D eigenvalue weighted by molar-refractivity contribution is 5.95. The molecule has 0 saturated carbocycles. The maximum atomic E-state index is 11.9. The Balaban J connectivity index is 1.81. The fourth-order valence-corrected chi connectivity index (χ4v) is 4.25. The lowest BCUT2D eigenvalue weighted by Gasteiger charge is -2.24. The van der Waals surface area contributed by atoms with Gasteiger partial charge in [0.25, 0.3) is 11.6 Å². The summed E-state index contributed by atoms with van der Waals surface area (Å²) in [6.07, 6.45) is 4.40. The summed E-state index contributed by atoms with van der Waals surface area (Å²) < 4.78 is 13.0. The topological polar surface area (TPSA) is 44.9 Å². The van der Waals surface area contributed by atoms with Gasteiger partial charge in [0.15, 0.2) is 18.0 Å². The quantitative estimate of drug-likeness (QED) is 0.842. The van der Waals surface area contributed by atoms with Crippen LogP contribution in [0.5, 0.6) is 11.5 Å². The molecule has 2 aliphatic heterocycles. The fourth-order valence-electron chi connectivity index (χ4n) is 4.25. The first-order valence-corrected chi connectivity index (χ1v) is 9.58. The number of rotatable bonds is 4. The van der Waals surface area contributed by atoms with Crippen LogP contribution in [0.1, 0.15) is 31.2 Å². The van der Waals surface area contributed by atoms with E-state index in [-0.39, 0.29) is 0 Å². The highest BCUT2D eigenvalue weighted by atomic mass is 16.5. The summed E-state index contributed by atoms with van der Waals surface area (Å²) in [5, 5.41) is 11.9. The van der Waals surface area contributed by atoms with Crippen LogP contribution in [0.3, 0.4) is 0 Å².